The molecule has 1 aliphatic carbocycles. The molecule has 1 aliphatic rings. The average molecular weight is 371 g/mol. The lowest BCUT2D eigenvalue weighted by Gasteiger charge is -2.26. The largest absolute Gasteiger partial charge is 0.348 e. The highest BCUT2D eigenvalue weighted by Crippen LogP contribution is 2.26. The number of carbonyl (C=O) groups is 2. The first-order valence-corrected chi connectivity index (χ1v) is 9.48. The van der Waals surface area contributed by atoms with Gasteiger partial charge in [-0.3, -0.25) is 9.78 Å². The van der Waals surface area contributed by atoms with Crippen LogP contribution in [0.2, 0.25) is 0 Å². The molecule has 0 bridgehead atoms. The minimum absolute atomic E-state index is 0.190. The van der Waals surface area contributed by atoms with Gasteiger partial charge in [-0.1, -0.05) is 48.5 Å². The van der Waals surface area contributed by atoms with Crippen LogP contribution in [0.3, 0.4) is 0 Å². The van der Waals surface area contributed by atoms with Gasteiger partial charge in [-0.25, -0.2) is 4.98 Å². The molecule has 2 aromatic carbocycles. The summed E-state index contributed by atoms with van der Waals surface area (Å²) in [6, 6.07) is 17.6. The molecule has 1 atom stereocenters. The lowest BCUT2D eigenvalue weighted by atomic mass is 9.91. The first kappa shape index (κ1) is 18.0. The number of hydrogen-bond donors (Lipinski definition) is 1. The Morgan fingerprint density at radius 3 is 2.54 bits per heavy atom. The molecule has 28 heavy (non-hydrogen) atoms. The molecule has 0 radical (unpaired) electrons. The zero-order valence-corrected chi connectivity index (χ0v) is 15.4. The Labute approximate surface area is 163 Å². The number of nitrogens with one attached hydrogen (secondary N) is 1. The van der Waals surface area contributed by atoms with Crippen LogP contribution >= 0.6 is 0 Å². The Hall–Kier alpha value is -3.34. The molecule has 1 heterocycles. The van der Waals surface area contributed by atoms with Crippen LogP contribution in [0, 0.1) is 0 Å². The van der Waals surface area contributed by atoms with Crippen molar-refractivity contribution in [3.8, 4) is 11.3 Å². The van der Waals surface area contributed by atoms with Gasteiger partial charge < -0.3 is 10.1 Å². The molecule has 1 aromatic heterocycles. The van der Waals surface area contributed by atoms with Crippen LogP contribution in [0.5, 0.6) is 0 Å². The van der Waals surface area contributed by atoms with Crippen LogP contribution in [0.25, 0.3) is 11.3 Å². The third-order valence-electron chi connectivity index (χ3n) is 5.14. The minimum atomic E-state index is -0.348. The smallest absolute Gasteiger partial charge is 0.271 e. The van der Waals surface area contributed by atoms with Gasteiger partial charge in [-0.05, 0) is 36.5 Å². The second-order valence-corrected chi connectivity index (χ2v) is 7.04. The van der Waals surface area contributed by atoms with Crippen LogP contribution in [-0.4, -0.2) is 28.2 Å². The Morgan fingerprint density at radius 2 is 1.82 bits per heavy atom. The van der Waals surface area contributed by atoms with Crippen LogP contribution in [-0.2, 0) is 4.79 Å². The first-order valence-electron chi connectivity index (χ1n) is 9.48. The van der Waals surface area contributed by atoms with Crippen LogP contribution in [0.4, 0.5) is 0 Å². The van der Waals surface area contributed by atoms with E-state index in [2.05, 4.69) is 15.3 Å². The second kappa shape index (κ2) is 8.13. The second-order valence-electron chi connectivity index (χ2n) is 7.04. The van der Waals surface area contributed by atoms with E-state index >= 15 is 0 Å². The van der Waals surface area contributed by atoms with Gasteiger partial charge in [-0.15, -0.1) is 0 Å². The number of carbonyl (C=O) groups excluding carboxylic acids is 2. The van der Waals surface area contributed by atoms with E-state index in [-0.39, 0.29) is 17.9 Å². The zero-order chi connectivity index (χ0) is 19.3. The third kappa shape index (κ3) is 3.83. The van der Waals surface area contributed by atoms with Crippen molar-refractivity contribution in [2.75, 3.05) is 0 Å². The third-order valence-corrected chi connectivity index (χ3v) is 5.14. The lowest BCUT2D eigenvalue weighted by Crippen LogP contribution is -2.39. The van der Waals surface area contributed by atoms with Gasteiger partial charge >= 0.3 is 0 Å². The molecule has 140 valence electrons. The van der Waals surface area contributed by atoms with Crippen molar-refractivity contribution in [3.05, 3.63) is 83.8 Å². The predicted octanol–water partition coefficient (Wildman–Crippen LogP) is 3.76. The topological polar surface area (TPSA) is 72.0 Å². The molecule has 1 N–H and O–H groups in total. The number of nitrogens with zero attached hydrogens (tertiary/aromatic N) is 2. The van der Waals surface area contributed by atoms with E-state index in [1.54, 1.807) is 6.20 Å². The summed E-state index contributed by atoms with van der Waals surface area (Å²) >= 11 is 0. The van der Waals surface area contributed by atoms with Gasteiger partial charge in [0, 0.05) is 11.6 Å². The lowest BCUT2D eigenvalue weighted by molar-refractivity contribution is -0.108. The first-order chi connectivity index (χ1) is 13.7. The van der Waals surface area contributed by atoms with Crippen molar-refractivity contribution in [1.29, 1.82) is 0 Å². The molecule has 4 rings (SSSR count). The standard InChI is InChI=1S/C23H21N3O2/c27-15-20(16-6-2-1-3-7-16)17-8-4-9-18(12-17)21-13-24-14-22(26-21)23(28)25-19-10-5-11-19/h1-4,6-9,12-15,19-20H,5,10-11H2,(H,25,28). The fourth-order valence-electron chi connectivity index (χ4n) is 3.33. The fourth-order valence-corrected chi connectivity index (χ4v) is 3.33. The number of aldehydes is 1. The molecular weight excluding hydrogens is 350 g/mol. The molecular formula is C23H21N3O2. The monoisotopic (exact) mass is 371 g/mol. The highest BCUT2D eigenvalue weighted by Gasteiger charge is 2.21. The van der Waals surface area contributed by atoms with Gasteiger partial charge in [-0.2, -0.15) is 0 Å². The molecule has 1 unspecified atom stereocenters. The molecule has 1 fully saturated rings. The summed E-state index contributed by atoms with van der Waals surface area (Å²) < 4.78 is 0. The highest BCUT2D eigenvalue weighted by molar-refractivity contribution is 5.92. The van der Waals surface area contributed by atoms with Crippen LogP contribution in [0.1, 0.15) is 46.8 Å². The molecule has 3 aromatic rings. The van der Waals surface area contributed by atoms with Crippen molar-refractivity contribution in [1.82, 2.24) is 15.3 Å². The van der Waals surface area contributed by atoms with Crippen LogP contribution < -0.4 is 5.32 Å². The maximum absolute atomic E-state index is 12.4. The molecule has 1 amide bonds. The van der Waals surface area contributed by atoms with Crippen molar-refractivity contribution < 1.29 is 9.59 Å². The molecule has 5 heteroatoms. The Bertz CT molecular complexity index is 984. The van der Waals surface area contributed by atoms with Crippen LogP contribution in [0.15, 0.2) is 67.0 Å². The minimum Gasteiger partial charge on any atom is -0.348 e. The molecule has 1 saturated carbocycles. The summed E-state index contributed by atoms with van der Waals surface area (Å²) in [4.78, 5) is 32.8. The van der Waals surface area contributed by atoms with E-state index in [4.69, 9.17) is 0 Å². The summed E-state index contributed by atoms with van der Waals surface area (Å²) in [6.45, 7) is 0. The van der Waals surface area contributed by atoms with Gasteiger partial charge in [0.25, 0.3) is 5.91 Å². The van der Waals surface area contributed by atoms with Gasteiger partial charge in [0.1, 0.15) is 12.0 Å². The maximum atomic E-state index is 12.4. The molecule has 5 nitrogen and oxygen atoms in total. The van der Waals surface area contributed by atoms with Crippen molar-refractivity contribution in [2.45, 2.75) is 31.2 Å². The molecule has 0 aliphatic heterocycles. The summed E-state index contributed by atoms with van der Waals surface area (Å²) in [5, 5.41) is 2.98. The predicted molar refractivity (Wildman–Crippen MR) is 107 cm³/mol. The Morgan fingerprint density at radius 1 is 1.04 bits per heavy atom. The molecule has 0 saturated heterocycles. The average Bonchev–Trinajstić information content (AvgIpc) is 2.72. The summed E-state index contributed by atoms with van der Waals surface area (Å²) in [5.41, 5.74) is 3.57. The van der Waals surface area contributed by atoms with E-state index in [1.807, 2.05) is 54.6 Å². The van der Waals surface area contributed by atoms with Crippen molar-refractivity contribution >= 4 is 12.2 Å². The van der Waals surface area contributed by atoms with Crippen molar-refractivity contribution in [2.24, 2.45) is 0 Å². The van der Waals surface area contributed by atoms with E-state index in [9.17, 15) is 9.59 Å². The fraction of sp³-hybridized carbons (Fsp3) is 0.217. The highest BCUT2D eigenvalue weighted by atomic mass is 16.2. The SMILES string of the molecule is O=CC(c1ccccc1)c1cccc(-c2cncc(C(=O)NC3CCC3)n2)c1. The van der Waals surface area contributed by atoms with Gasteiger partial charge in [0.05, 0.1) is 24.0 Å². The van der Waals surface area contributed by atoms with E-state index in [0.717, 1.165) is 42.2 Å². The van der Waals surface area contributed by atoms with E-state index < -0.39 is 0 Å². The van der Waals surface area contributed by atoms with Crippen molar-refractivity contribution in [3.63, 3.8) is 0 Å². The normalized spacial score (nSPS) is 14.7. The number of hydrogen-bond acceptors (Lipinski definition) is 4. The quantitative estimate of drug-likeness (QED) is 0.670. The molecule has 0 spiro atoms. The van der Waals surface area contributed by atoms with Gasteiger partial charge in [0.15, 0.2) is 0 Å². The summed E-state index contributed by atoms with van der Waals surface area (Å²) in [5.74, 6) is -0.538. The number of aromatic nitrogens is 2. The number of benzene rings is 2. The number of rotatable bonds is 6. The maximum Gasteiger partial charge on any atom is 0.271 e. The summed E-state index contributed by atoms with van der Waals surface area (Å²) in [6.07, 6.45) is 7.27. The van der Waals surface area contributed by atoms with E-state index in [1.165, 1.54) is 6.20 Å². The Kier molecular flexibility index (Phi) is 5.24. The number of amides is 1. The Balaban J connectivity index is 1.61. The zero-order valence-electron chi connectivity index (χ0n) is 15.4. The van der Waals surface area contributed by atoms with E-state index in [0.29, 0.717) is 11.4 Å². The van der Waals surface area contributed by atoms with Gasteiger partial charge in [0.2, 0.25) is 0 Å². The summed E-state index contributed by atoms with van der Waals surface area (Å²) in [7, 11) is 0.